The van der Waals surface area contributed by atoms with Gasteiger partial charge in [-0.25, -0.2) is 24.6 Å². The molecule has 0 amide bonds. The van der Waals surface area contributed by atoms with E-state index in [1.807, 2.05) is 121 Å². The van der Waals surface area contributed by atoms with Gasteiger partial charge in [0.2, 0.25) is 0 Å². The molecule has 342 valence electrons. The summed E-state index contributed by atoms with van der Waals surface area (Å²) in [6.45, 7) is 16.7. The molecule has 0 fully saturated rings. The second kappa shape index (κ2) is 17.9. The highest BCUT2D eigenvalue weighted by molar-refractivity contribution is 6.12. The fraction of sp³-hybridized carbons (Fsp3) is 0. The van der Waals surface area contributed by atoms with Crippen LogP contribution in [-0.4, -0.2) is 24.1 Å². The third-order valence-electron chi connectivity index (χ3n) is 13.9. The van der Waals surface area contributed by atoms with Gasteiger partial charge in [-0.2, -0.15) is 5.26 Å². The number of benzene rings is 10. The normalized spacial score (nSPS) is 11.2. The Morgan fingerprint density at radius 2 is 0.838 bits per heavy atom. The number of hydrogen-bond donors (Lipinski definition) is 0. The first-order chi connectivity index (χ1) is 36.6. The average molecular weight is 943 g/mol. The van der Waals surface area contributed by atoms with Crippen molar-refractivity contribution in [2.24, 2.45) is 0 Å². The lowest BCUT2D eigenvalue weighted by molar-refractivity contribution is 1.07. The van der Waals surface area contributed by atoms with Crippen molar-refractivity contribution in [2.45, 2.75) is 0 Å². The molecule has 10 aromatic carbocycles. The van der Waals surface area contributed by atoms with Gasteiger partial charge in [-0.1, -0.05) is 158 Å². The van der Waals surface area contributed by atoms with Crippen molar-refractivity contribution in [3.8, 4) is 85.0 Å². The largest absolute Gasteiger partial charge is 0.309 e. The first-order valence-corrected chi connectivity index (χ1v) is 24.1. The Labute approximate surface area is 426 Å². The number of hydrogen-bond acceptors (Lipinski definition) is 4. The van der Waals surface area contributed by atoms with Crippen LogP contribution >= 0.6 is 0 Å². The van der Waals surface area contributed by atoms with E-state index in [1.54, 1.807) is 0 Å². The van der Waals surface area contributed by atoms with E-state index in [0.717, 1.165) is 105 Å². The van der Waals surface area contributed by atoms with Crippen LogP contribution in [0.5, 0.6) is 0 Å². The van der Waals surface area contributed by atoms with E-state index in [4.69, 9.17) is 28.1 Å². The molecular weight excluding hydrogens is 905 g/mol. The summed E-state index contributed by atoms with van der Waals surface area (Å²) in [4.78, 5) is 23.4. The molecule has 13 rings (SSSR count). The molecule has 0 bridgehead atoms. The molecule has 8 heteroatoms. The molecule has 74 heavy (non-hydrogen) atoms. The number of nitriles is 1. The molecule has 0 saturated carbocycles. The number of nitrogens with zero attached hydrogens (tertiary/aromatic N) is 8. The summed E-state index contributed by atoms with van der Waals surface area (Å²) in [5.41, 5.74) is 15.1. The van der Waals surface area contributed by atoms with E-state index in [9.17, 15) is 5.26 Å². The van der Waals surface area contributed by atoms with Gasteiger partial charge >= 0.3 is 0 Å². The van der Waals surface area contributed by atoms with Gasteiger partial charge in [0, 0.05) is 43.9 Å². The molecule has 13 aromatic rings. The van der Waals surface area contributed by atoms with Gasteiger partial charge in [-0.15, -0.1) is 0 Å². The zero-order chi connectivity index (χ0) is 49.7. The van der Waals surface area contributed by atoms with Gasteiger partial charge < -0.3 is 9.13 Å². The summed E-state index contributed by atoms with van der Waals surface area (Å²) in [6, 6.07) is 79.7. The molecule has 0 radical (unpaired) electrons. The second-order valence-electron chi connectivity index (χ2n) is 18.0. The van der Waals surface area contributed by atoms with Gasteiger partial charge in [0.1, 0.15) is 0 Å². The van der Waals surface area contributed by atoms with Gasteiger partial charge in [0.15, 0.2) is 28.8 Å². The van der Waals surface area contributed by atoms with E-state index in [-0.39, 0.29) is 0 Å². The quantitative estimate of drug-likeness (QED) is 0.142. The van der Waals surface area contributed by atoms with Crippen LogP contribution in [0.1, 0.15) is 5.56 Å². The minimum absolute atomic E-state index is 0.479. The molecule has 0 N–H and O–H groups in total. The Kier molecular flexibility index (Phi) is 10.5. The maximum atomic E-state index is 10.0. The minimum Gasteiger partial charge on any atom is -0.309 e. The lowest BCUT2D eigenvalue weighted by Gasteiger charge is -2.18. The van der Waals surface area contributed by atoms with Crippen molar-refractivity contribution in [1.82, 2.24) is 24.1 Å². The van der Waals surface area contributed by atoms with E-state index >= 15 is 0 Å². The molecule has 3 heterocycles. The number of rotatable bonds is 8. The van der Waals surface area contributed by atoms with Crippen LogP contribution in [0.3, 0.4) is 0 Å². The molecule has 0 atom stereocenters. The van der Waals surface area contributed by atoms with Gasteiger partial charge in [0.05, 0.1) is 52.5 Å². The molecule has 0 spiro atoms. The molecule has 0 aliphatic heterocycles. The fourth-order valence-electron chi connectivity index (χ4n) is 10.5. The summed E-state index contributed by atoms with van der Waals surface area (Å²) >= 11 is 0. The standard InChI is InChI=1S/C66H38N8/c1-68-57-26-14-11-23-50(57)45-30-35-62-55(38-45)52-25-13-16-28-60(52)74(62)63-36-31-46(66-71-64(42-17-5-3-6-18-42)70-65(72-66)43-19-7-4-8-20-43)39-56(63)53-40-48(32-33-58(53)69-2)73-59-27-15-12-24-51(59)54-37-44(29-34-61(54)73)49-22-10-9-21-47(49)41-67/h3-40H. The van der Waals surface area contributed by atoms with Crippen LogP contribution in [0, 0.1) is 24.5 Å². The highest BCUT2D eigenvalue weighted by Crippen LogP contribution is 2.45. The molecule has 0 aliphatic carbocycles. The van der Waals surface area contributed by atoms with Crippen LogP contribution in [0.25, 0.3) is 132 Å². The summed E-state index contributed by atoms with van der Waals surface area (Å²) in [5.74, 6) is 1.59. The highest BCUT2D eigenvalue weighted by atomic mass is 15.0. The minimum atomic E-state index is 0.479. The smallest absolute Gasteiger partial charge is 0.195 e. The molecule has 3 aromatic heterocycles. The molecule has 0 unspecified atom stereocenters. The van der Waals surface area contributed by atoms with Gasteiger partial charge in [-0.3, -0.25) is 0 Å². The van der Waals surface area contributed by atoms with Crippen LogP contribution < -0.4 is 0 Å². The topological polar surface area (TPSA) is 81.0 Å². The Bertz CT molecular complexity index is 4470. The predicted molar refractivity (Wildman–Crippen MR) is 298 cm³/mol. The first kappa shape index (κ1) is 43.3. The molecular formula is C66H38N8. The number of aromatic nitrogens is 5. The van der Waals surface area contributed by atoms with Crippen molar-refractivity contribution in [1.29, 1.82) is 5.26 Å². The van der Waals surface area contributed by atoms with Crippen molar-refractivity contribution < 1.29 is 0 Å². The van der Waals surface area contributed by atoms with Crippen molar-refractivity contribution in [2.75, 3.05) is 0 Å². The molecule has 0 saturated heterocycles. The van der Waals surface area contributed by atoms with Gasteiger partial charge in [-0.05, 0) is 106 Å². The summed E-state index contributed by atoms with van der Waals surface area (Å²) in [7, 11) is 0. The molecule has 8 nitrogen and oxygen atoms in total. The zero-order valence-corrected chi connectivity index (χ0v) is 39.5. The summed E-state index contributed by atoms with van der Waals surface area (Å²) in [6.07, 6.45) is 0. The summed E-state index contributed by atoms with van der Waals surface area (Å²) < 4.78 is 4.55. The monoisotopic (exact) mass is 942 g/mol. The van der Waals surface area contributed by atoms with Crippen LogP contribution in [-0.2, 0) is 0 Å². The van der Waals surface area contributed by atoms with Crippen LogP contribution in [0.4, 0.5) is 11.4 Å². The van der Waals surface area contributed by atoms with Crippen molar-refractivity contribution >= 4 is 55.0 Å². The van der Waals surface area contributed by atoms with Gasteiger partial charge in [0.25, 0.3) is 0 Å². The fourth-order valence-corrected chi connectivity index (χ4v) is 10.5. The van der Waals surface area contributed by atoms with Crippen LogP contribution in [0.2, 0.25) is 0 Å². The Morgan fingerprint density at radius 1 is 0.351 bits per heavy atom. The van der Waals surface area contributed by atoms with Crippen molar-refractivity contribution in [3.05, 3.63) is 259 Å². The van der Waals surface area contributed by atoms with E-state index in [0.29, 0.717) is 34.4 Å². The second-order valence-corrected chi connectivity index (χ2v) is 18.0. The van der Waals surface area contributed by atoms with E-state index < -0.39 is 0 Å². The number of para-hydroxylation sites is 3. The van der Waals surface area contributed by atoms with E-state index in [2.05, 4.69) is 134 Å². The highest BCUT2D eigenvalue weighted by Gasteiger charge is 2.23. The first-order valence-electron chi connectivity index (χ1n) is 24.1. The Morgan fingerprint density at radius 3 is 1.47 bits per heavy atom. The molecule has 0 aliphatic rings. The lowest BCUT2D eigenvalue weighted by atomic mass is 9.97. The maximum absolute atomic E-state index is 10.0. The zero-order valence-electron chi connectivity index (χ0n) is 39.5. The van der Waals surface area contributed by atoms with Crippen molar-refractivity contribution in [3.63, 3.8) is 0 Å². The maximum Gasteiger partial charge on any atom is 0.195 e. The number of fused-ring (bicyclic) bond motifs is 6. The Hall–Kier alpha value is -10.7. The van der Waals surface area contributed by atoms with Crippen LogP contribution in [0.15, 0.2) is 231 Å². The SMILES string of the molecule is [C-]#[N+]c1ccccc1-c1ccc2c(c1)c1ccccc1n2-c1ccc(-c2nc(-c3ccccc3)nc(-c3ccccc3)n2)cc1-c1cc(-n2c3ccccc3c3cc(-c4ccccc4C#N)ccc32)ccc1[N+]#[C-]. The summed E-state index contributed by atoms with van der Waals surface area (Å²) in [5, 5.41) is 14.2. The Balaban J connectivity index is 1.08. The third kappa shape index (κ3) is 7.25. The predicted octanol–water partition coefficient (Wildman–Crippen LogP) is 17.0. The average Bonchev–Trinajstić information content (AvgIpc) is 4.00. The van der Waals surface area contributed by atoms with E-state index in [1.165, 1.54) is 0 Å². The third-order valence-corrected chi connectivity index (χ3v) is 13.9. The lowest BCUT2D eigenvalue weighted by Crippen LogP contribution is -2.02.